The SMILES string of the molecule is CCNc1cc(N2CC(C)Cc3ccccc32)nc(N)n1. The molecule has 3 rings (SSSR count). The number of benzene rings is 1. The summed E-state index contributed by atoms with van der Waals surface area (Å²) >= 11 is 0. The predicted octanol–water partition coefficient (Wildman–Crippen LogP) is 2.82. The van der Waals surface area contributed by atoms with Crippen molar-refractivity contribution in [2.75, 3.05) is 29.0 Å². The Morgan fingerprint density at radius 1 is 1.33 bits per heavy atom. The molecule has 3 N–H and O–H groups in total. The second-order valence-electron chi connectivity index (χ2n) is 5.55. The van der Waals surface area contributed by atoms with E-state index in [1.54, 1.807) is 0 Å². The lowest BCUT2D eigenvalue weighted by molar-refractivity contribution is 0.560. The van der Waals surface area contributed by atoms with Crippen LogP contribution < -0.4 is 16.0 Å². The number of nitrogen functional groups attached to an aromatic ring is 1. The summed E-state index contributed by atoms with van der Waals surface area (Å²) in [4.78, 5) is 10.9. The fourth-order valence-corrected chi connectivity index (χ4v) is 2.88. The van der Waals surface area contributed by atoms with Crippen molar-refractivity contribution in [1.29, 1.82) is 0 Å². The minimum absolute atomic E-state index is 0.305. The number of nitrogens with one attached hydrogen (secondary N) is 1. The van der Waals surface area contributed by atoms with Crippen molar-refractivity contribution in [2.45, 2.75) is 20.3 Å². The van der Waals surface area contributed by atoms with Gasteiger partial charge in [0.15, 0.2) is 0 Å². The summed E-state index contributed by atoms with van der Waals surface area (Å²) in [6, 6.07) is 10.5. The quantitative estimate of drug-likeness (QED) is 0.906. The highest BCUT2D eigenvalue weighted by Crippen LogP contribution is 2.35. The third-order valence-electron chi connectivity index (χ3n) is 3.71. The molecule has 1 aromatic heterocycles. The van der Waals surface area contributed by atoms with E-state index < -0.39 is 0 Å². The topological polar surface area (TPSA) is 67.1 Å². The van der Waals surface area contributed by atoms with Crippen LogP contribution in [-0.2, 0) is 6.42 Å². The predicted molar refractivity (Wildman–Crippen MR) is 86.9 cm³/mol. The smallest absolute Gasteiger partial charge is 0.223 e. The van der Waals surface area contributed by atoms with Crippen LogP contribution in [0.3, 0.4) is 0 Å². The van der Waals surface area contributed by atoms with Crippen molar-refractivity contribution in [1.82, 2.24) is 9.97 Å². The van der Waals surface area contributed by atoms with E-state index in [0.717, 1.165) is 31.1 Å². The summed E-state index contributed by atoms with van der Waals surface area (Å²) in [5, 5.41) is 3.21. The second kappa shape index (κ2) is 5.60. The van der Waals surface area contributed by atoms with Crippen LogP contribution in [-0.4, -0.2) is 23.1 Å². The van der Waals surface area contributed by atoms with E-state index in [0.29, 0.717) is 11.9 Å². The Kier molecular flexibility index (Phi) is 3.64. The van der Waals surface area contributed by atoms with Crippen molar-refractivity contribution < 1.29 is 0 Å². The first-order valence-electron chi connectivity index (χ1n) is 7.41. The highest BCUT2D eigenvalue weighted by atomic mass is 15.2. The second-order valence-corrected chi connectivity index (χ2v) is 5.55. The standard InChI is InChI=1S/C16H21N5/c1-3-18-14-9-15(20-16(17)19-14)21-10-11(2)8-12-6-4-5-7-13(12)21/h4-7,9,11H,3,8,10H2,1-2H3,(H3,17,18,19,20). The van der Waals surface area contributed by atoms with Gasteiger partial charge in [-0.3, -0.25) is 0 Å². The Morgan fingerprint density at radius 2 is 2.14 bits per heavy atom. The molecule has 1 aliphatic rings. The summed E-state index contributed by atoms with van der Waals surface area (Å²) < 4.78 is 0. The van der Waals surface area contributed by atoms with Crippen LogP contribution >= 0.6 is 0 Å². The molecule has 110 valence electrons. The number of para-hydroxylation sites is 1. The van der Waals surface area contributed by atoms with E-state index in [4.69, 9.17) is 5.73 Å². The summed E-state index contributed by atoms with van der Waals surface area (Å²) in [7, 11) is 0. The monoisotopic (exact) mass is 283 g/mol. The third-order valence-corrected chi connectivity index (χ3v) is 3.71. The van der Waals surface area contributed by atoms with Gasteiger partial charge in [0.05, 0.1) is 0 Å². The summed E-state index contributed by atoms with van der Waals surface area (Å²) in [5.41, 5.74) is 8.44. The number of fused-ring (bicyclic) bond motifs is 1. The highest BCUT2D eigenvalue weighted by molar-refractivity contribution is 5.68. The lowest BCUT2D eigenvalue weighted by Crippen LogP contribution is -2.31. The Hall–Kier alpha value is -2.30. The lowest BCUT2D eigenvalue weighted by atomic mass is 9.94. The zero-order valence-corrected chi connectivity index (χ0v) is 12.5. The molecular formula is C16H21N5. The van der Waals surface area contributed by atoms with Crippen molar-refractivity contribution in [2.24, 2.45) is 5.92 Å². The molecule has 0 radical (unpaired) electrons. The van der Waals surface area contributed by atoms with E-state index in [-0.39, 0.29) is 0 Å². The molecule has 0 fully saturated rings. The first-order chi connectivity index (χ1) is 10.2. The number of hydrogen-bond acceptors (Lipinski definition) is 5. The largest absolute Gasteiger partial charge is 0.370 e. The minimum atomic E-state index is 0.305. The van der Waals surface area contributed by atoms with Crippen molar-refractivity contribution in [3.8, 4) is 0 Å². The van der Waals surface area contributed by atoms with Gasteiger partial charge in [0, 0.05) is 24.8 Å². The first-order valence-corrected chi connectivity index (χ1v) is 7.41. The lowest BCUT2D eigenvalue weighted by Gasteiger charge is -2.34. The fraction of sp³-hybridized carbons (Fsp3) is 0.375. The molecule has 21 heavy (non-hydrogen) atoms. The normalized spacial score (nSPS) is 17.4. The molecular weight excluding hydrogens is 262 g/mol. The molecule has 5 nitrogen and oxygen atoms in total. The highest BCUT2D eigenvalue weighted by Gasteiger charge is 2.23. The summed E-state index contributed by atoms with van der Waals surface area (Å²) in [6.45, 7) is 6.05. The minimum Gasteiger partial charge on any atom is -0.370 e. The molecule has 1 atom stereocenters. The van der Waals surface area contributed by atoms with E-state index in [1.165, 1.54) is 11.3 Å². The summed E-state index contributed by atoms with van der Waals surface area (Å²) in [5.74, 6) is 2.52. The van der Waals surface area contributed by atoms with Crippen molar-refractivity contribution in [3.05, 3.63) is 35.9 Å². The molecule has 0 saturated heterocycles. The average Bonchev–Trinajstić information content (AvgIpc) is 2.46. The number of hydrogen-bond donors (Lipinski definition) is 2. The molecule has 1 aliphatic heterocycles. The molecule has 0 aliphatic carbocycles. The van der Waals surface area contributed by atoms with Crippen LogP contribution in [0.2, 0.25) is 0 Å². The van der Waals surface area contributed by atoms with Gasteiger partial charge in [0.25, 0.3) is 0 Å². The van der Waals surface area contributed by atoms with Gasteiger partial charge < -0.3 is 16.0 Å². The van der Waals surface area contributed by atoms with Crippen LogP contribution in [0, 0.1) is 5.92 Å². The maximum Gasteiger partial charge on any atom is 0.223 e. The molecule has 2 heterocycles. The van der Waals surface area contributed by atoms with E-state index in [1.807, 2.05) is 13.0 Å². The van der Waals surface area contributed by atoms with Crippen LogP contribution in [0.1, 0.15) is 19.4 Å². The first kappa shape index (κ1) is 13.7. The van der Waals surface area contributed by atoms with Gasteiger partial charge >= 0.3 is 0 Å². The molecule has 0 bridgehead atoms. The zero-order valence-electron chi connectivity index (χ0n) is 12.5. The Balaban J connectivity index is 2.04. The summed E-state index contributed by atoms with van der Waals surface area (Å²) in [6.07, 6.45) is 1.10. The molecule has 1 unspecified atom stereocenters. The average molecular weight is 283 g/mol. The molecule has 1 aromatic carbocycles. The van der Waals surface area contributed by atoms with Gasteiger partial charge in [-0.05, 0) is 30.9 Å². The van der Waals surface area contributed by atoms with Crippen LogP contribution in [0.25, 0.3) is 0 Å². The Bertz CT molecular complexity index is 640. The van der Waals surface area contributed by atoms with Crippen LogP contribution in [0.4, 0.5) is 23.3 Å². The number of nitrogens with two attached hydrogens (primary N) is 1. The number of nitrogens with zero attached hydrogens (tertiary/aromatic N) is 3. The number of rotatable bonds is 3. The van der Waals surface area contributed by atoms with Gasteiger partial charge in [0.1, 0.15) is 11.6 Å². The molecule has 0 amide bonds. The number of aromatic nitrogens is 2. The van der Waals surface area contributed by atoms with E-state index in [9.17, 15) is 0 Å². The van der Waals surface area contributed by atoms with Crippen molar-refractivity contribution in [3.63, 3.8) is 0 Å². The van der Waals surface area contributed by atoms with Gasteiger partial charge in [-0.2, -0.15) is 9.97 Å². The van der Waals surface area contributed by atoms with Crippen molar-refractivity contribution >= 4 is 23.3 Å². The Morgan fingerprint density at radius 3 is 2.95 bits per heavy atom. The van der Waals surface area contributed by atoms with Gasteiger partial charge in [-0.1, -0.05) is 25.1 Å². The Labute approximate surface area is 125 Å². The molecule has 0 spiro atoms. The van der Waals surface area contributed by atoms with Gasteiger partial charge in [-0.25, -0.2) is 0 Å². The molecule has 5 heteroatoms. The van der Waals surface area contributed by atoms with Crippen LogP contribution in [0.5, 0.6) is 0 Å². The fourth-order valence-electron chi connectivity index (χ4n) is 2.88. The third kappa shape index (κ3) is 2.77. The van der Waals surface area contributed by atoms with E-state index >= 15 is 0 Å². The zero-order chi connectivity index (χ0) is 14.8. The van der Waals surface area contributed by atoms with E-state index in [2.05, 4.69) is 51.4 Å². The van der Waals surface area contributed by atoms with Gasteiger partial charge in [-0.15, -0.1) is 0 Å². The van der Waals surface area contributed by atoms with Crippen LogP contribution in [0.15, 0.2) is 30.3 Å². The molecule has 0 saturated carbocycles. The number of anilines is 4. The van der Waals surface area contributed by atoms with Gasteiger partial charge in [0.2, 0.25) is 5.95 Å². The maximum absolute atomic E-state index is 5.86. The maximum atomic E-state index is 5.86. The molecule has 2 aromatic rings.